The molecule has 0 bridgehead atoms. The molecule has 0 aliphatic carbocycles. The van der Waals surface area contributed by atoms with Gasteiger partial charge in [0.25, 0.3) is 0 Å². The number of hydrogen-bond acceptors (Lipinski definition) is 3. The molecule has 0 spiro atoms. The van der Waals surface area contributed by atoms with Gasteiger partial charge in [0.2, 0.25) is 0 Å². The zero-order valence-corrected chi connectivity index (χ0v) is 12.6. The van der Waals surface area contributed by atoms with E-state index >= 15 is 0 Å². The first kappa shape index (κ1) is 16.3. The molecule has 0 heterocycles. The van der Waals surface area contributed by atoms with Crippen LogP contribution in [0.5, 0.6) is 5.75 Å². The number of hydrogen-bond donors (Lipinski definition) is 2. The Morgan fingerprint density at radius 3 is 2.68 bits per heavy atom. The largest absolute Gasteiger partial charge is 0.486 e. The standard InChI is InChI=1S/C13H18BrF2NO2/c1-3-4-17-7-13(2,18)8-19-12-10(14)5-9(15)6-11(12)16/h5-6,17-18H,3-4,7-8H2,1-2H3. The molecule has 0 amide bonds. The lowest BCUT2D eigenvalue weighted by Gasteiger charge is -2.24. The average molecular weight is 338 g/mol. The molecule has 19 heavy (non-hydrogen) atoms. The van der Waals surface area contributed by atoms with Crippen molar-refractivity contribution < 1.29 is 18.6 Å². The van der Waals surface area contributed by atoms with Crippen LogP contribution in [0.15, 0.2) is 16.6 Å². The van der Waals surface area contributed by atoms with Crippen LogP contribution in [0.4, 0.5) is 8.78 Å². The molecule has 6 heteroatoms. The maximum atomic E-state index is 13.5. The minimum absolute atomic E-state index is 0.0924. The highest BCUT2D eigenvalue weighted by Crippen LogP contribution is 2.29. The van der Waals surface area contributed by atoms with Crippen LogP contribution in [-0.4, -0.2) is 30.4 Å². The van der Waals surface area contributed by atoms with Gasteiger partial charge in [-0.3, -0.25) is 0 Å². The molecule has 1 rings (SSSR count). The van der Waals surface area contributed by atoms with Crippen LogP contribution in [0.25, 0.3) is 0 Å². The van der Waals surface area contributed by atoms with Crippen LogP contribution in [-0.2, 0) is 0 Å². The van der Waals surface area contributed by atoms with Gasteiger partial charge in [-0.25, -0.2) is 8.78 Å². The molecule has 0 aliphatic heterocycles. The predicted octanol–water partition coefficient (Wildman–Crippen LogP) is 2.86. The highest BCUT2D eigenvalue weighted by atomic mass is 79.9. The van der Waals surface area contributed by atoms with E-state index in [1.807, 2.05) is 6.92 Å². The van der Waals surface area contributed by atoms with Gasteiger partial charge in [-0.2, -0.15) is 0 Å². The molecule has 0 aromatic heterocycles. The first-order valence-corrected chi connectivity index (χ1v) is 6.85. The van der Waals surface area contributed by atoms with E-state index in [-0.39, 0.29) is 16.8 Å². The fourth-order valence-electron chi connectivity index (χ4n) is 1.48. The molecule has 108 valence electrons. The van der Waals surface area contributed by atoms with Crippen molar-refractivity contribution in [3.8, 4) is 5.75 Å². The summed E-state index contributed by atoms with van der Waals surface area (Å²) in [6, 6.07) is 1.85. The number of benzene rings is 1. The maximum Gasteiger partial charge on any atom is 0.169 e. The third-order valence-corrected chi connectivity index (χ3v) is 3.01. The molecule has 3 nitrogen and oxygen atoms in total. The van der Waals surface area contributed by atoms with Crippen molar-refractivity contribution in [2.45, 2.75) is 25.9 Å². The summed E-state index contributed by atoms with van der Waals surface area (Å²) in [5.41, 5.74) is -1.13. The Morgan fingerprint density at radius 1 is 1.42 bits per heavy atom. The molecule has 0 saturated heterocycles. The van der Waals surface area contributed by atoms with Crippen molar-refractivity contribution in [1.82, 2.24) is 5.32 Å². The second-order valence-electron chi connectivity index (χ2n) is 4.66. The van der Waals surface area contributed by atoms with E-state index in [0.29, 0.717) is 6.54 Å². The topological polar surface area (TPSA) is 41.5 Å². The van der Waals surface area contributed by atoms with E-state index in [1.165, 1.54) is 0 Å². The minimum Gasteiger partial charge on any atom is -0.486 e. The van der Waals surface area contributed by atoms with Crippen molar-refractivity contribution in [3.63, 3.8) is 0 Å². The van der Waals surface area contributed by atoms with E-state index < -0.39 is 17.2 Å². The van der Waals surface area contributed by atoms with Gasteiger partial charge in [0.05, 0.1) is 4.47 Å². The summed E-state index contributed by atoms with van der Waals surface area (Å²) >= 11 is 3.03. The van der Waals surface area contributed by atoms with E-state index in [4.69, 9.17) is 4.74 Å². The molecule has 0 fully saturated rings. The Hall–Kier alpha value is -0.720. The molecule has 1 aromatic carbocycles. The average Bonchev–Trinajstić information content (AvgIpc) is 2.27. The van der Waals surface area contributed by atoms with Crippen LogP contribution in [0.3, 0.4) is 0 Å². The second kappa shape index (κ2) is 7.17. The Balaban J connectivity index is 2.61. The highest BCUT2D eigenvalue weighted by Gasteiger charge is 2.22. The molecule has 0 aliphatic rings. The maximum absolute atomic E-state index is 13.5. The van der Waals surface area contributed by atoms with E-state index in [0.717, 1.165) is 25.1 Å². The third kappa shape index (κ3) is 5.42. The van der Waals surface area contributed by atoms with Gasteiger partial charge in [-0.1, -0.05) is 6.92 Å². The smallest absolute Gasteiger partial charge is 0.169 e. The van der Waals surface area contributed by atoms with Gasteiger partial charge in [-0.05, 0) is 41.9 Å². The van der Waals surface area contributed by atoms with E-state index in [2.05, 4.69) is 21.2 Å². The Labute approximate surface area is 120 Å². The first-order chi connectivity index (χ1) is 8.85. The first-order valence-electron chi connectivity index (χ1n) is 6.06. The van der Waals surface area contributed by atoms with Gasteiger partial charge in [0.15, 0.2) is 11.6 Å². The number of rotatable bonds is 7. The number of ether oxygens (including phenoxy) is 1. The molecule has 1 atom stereocenters. The Bertz CT molecular complexity index is 404. The zero-order chi connectivity index (χ0) is 14.5. The van der Waals surface area contributed by atoms with E-state index in [1.54, 1.807) is 6.92 Å². The highest BCUT2D eigenvalue weighted by molar-refractivity contribution is 9.10. The molecule has 0 radical (unpaired) electrons. The molecular weight excluding hydrogens is 320 g/mol. The second-order valence-corrected chi connectivity index (χ2v) is 5.52. The molecule has 1 unspecified atom stereocenters. The van der Waals surface area contributed by atoms with E-state index in [9.17, 15) is 13.9 Å². The Morgan fingerprint density at radius 2 is 2.11 bits per heavy atom. The van der Waals surface area contributed by atoms with Crippen molar-refractivity contribution in [3.05, 3.63) is 28.2 Å². The van der Waals surface area contributed by atoms with Gasteiger partial charge in [0.1, 0.15) is 18.0 Å². The minimum atomic E-state index is -1.13. The lowest BCUT2D eigenvalue weighted by Crippen LogP contribution is -2.43. The Kier molecular flexibility index (Phi) is 6.16. The fraction of sp³-hybridized carbons (Fsp3) is 0.538. The summed E-state index contributed by atoms with van der Waals surface area (Å²) in [4.78, 5) is 0. The summed E-state index contributed by atoms with van der Waals surface area (Å²) in [5.74, 6) is -1.59. The number of aliphatic hydroxyl groups is 1. The van der Waals surface area contributed by atoms with Crippen molar-refractivity contribution in [1.29, 1.82) is 0 Å². The van der Waals surface area contributed by atoms with Crippen molar-refractivity contribution >= 4 is 15.9 Å². The van der Waals surface area contributed by atoms with Crippen molar-refractivity contribution in [2.75, 3.05) is 19.7 Å². The summed E-state index contributed by atoms with van der Waals surface area (Å²) < 4.78 is 31.8. The molecule has 2 N–H and O–H groups in total. The summed E-state index contributed by atoms with van der Waals surface area (Å²) in [5, 5.41) is 13.1. The van der Waals surface area contributed by atoms with Gasteiger partial charge in [0, 0.05) is 12.6 Å². The lowest BCUT2D eigenvalue weighted by atomic mass is 10.1. The molecule has 0 saturated carbocycles. The van der Waals surface area contributed by atoms with Crippen molar-refractivity contribution in [2.24, 2.45) is 0 Å². The summed E-state index contributed by atoms with van der Waals surface area (Å²) in [7, 11) is 0. The SMILES string of the molecule is CCCNCC(C)(O)COc1c(F)cc(F)cc1Br. The third-order valence-electron chi connectivity index (χ3n) is 2.42. The number of nitrogens with one attached hydrogen (secondary N) is 1. The van der Waals surface area contributed by atoms with Gasteiger partial charge in [-0.15, -0.1) is 0 Å². The van der Waals surface area contributed by atoms with Crippen LogP contribution in [0.2, 0.25) is 0 Å². The monoisotopic (exact) mass is 337 g/mol. The summed E-state index contributed by atoms with van der Waals surface area (Å²) in [6.45, 7) is 4.63. The van der Waals surface area contributed by atoms with Crippen LogP contribution < -0.4 is 10.1 Å². The normalized spacial score (nSPS) is 14.2. The van der Waals surface area contributed by atoms with Gasteiger partial charge >= 0.3 is 0 Å². The van der Waals surface area contributed by atoms with Crippen LogP contribution in [0, 0.1) is 11.6 Å². The van der Waals surface area contributed by atoms with Crippen LogP contribution in [0.1, 0.15) is 20.3 Å². The van der Waals surface area contributed by atoms with Gasteiger partial charge < -0.3 is 15.2 Å². The number of halogens is 3. The molecule has 1 aromatic rings. The zero-order valence-electron chi connectivity index (χ0n) is 11.0. The molecular formula is C13H18BrF2NO2. The predicted molar refractivity (Wildman–Crippen MR) is 73.3 cm³/mol. The summed E-state index contributed by atoms with van der Waals surface area (Å²) in [6.07, 6.45) is 0.953. The lowest BCUT2D eigenvalue weighted by molar-refractivity contribution is 0.0110. The van der Waals surface area contributed by atoms with Crippen LogP contribution >= 0.6 is 15.9 Å². The fourth-order valence-corrected chi connectivity index (χ4v) is 2.00. The quantitative estimate of drug-likeness (QED) is 0.752.